The average Bonchev–Trinajstić information content (AvgIpc) is 3.42. The smallest absolute Gasteiger partial charge is 0.295 e. The second-order valence-corrected chi connectivity index (χ2v) is 7.21. The fraction of sp³-hybridized carbons (Fsp3) is 0.190. The molecule has 0 bridgehead atoms. The number of H-pyrrole nitrogens is 1. The number of hydrogen-bond acceptors (Lipinski definition) is 7. The van der Waals surface area contributed by atoms with Crippen LogP contribution in [-0.2, 0) is 4.79 Å². The third-order valence-corrected chi connectivity index (χ3v) is 5.19. The average molecular weight is 423 g/mol. The fourth-order valence-corrected chi connectivity index (χ4v) is 3.72. The number of nitrogens with one attached hydrogen (secondary N) is 2. The number of nitrogens with two attached hydrogens (primary N) is 2. The standard InChI is InChI=1S/C21H22FN7O2/c22-16-11-26-20(29(24)9-7-23)18-17(16)15(10-25-18)19(30)21(31)28-8-6-14(12-28)27-13-4-2-1-3-5-13/h1-5,7,9-11,14,25,27H,6,8,12,23-24H2/b9-7-. The number of hydrazine groups is 1. The number of hydrogen-bond donors (Lipinski definition) is 4. The van der Waals surface area contributed by atoms with Crippen molar-refractivity contribution >= 4 is 34.1 Å². The lowest BCUT2D eigenvalue weighted by Crippen LogP contribution is -2.36. The minimum Gasteiger partial charge on any atom is -0.403 e. The van der Waals surface area contributed by atoms with E-state index in [0.717, 1.165) is 16.9 Å². The van der Waals surface area contributed by atoms with Crippen LogP contribution in [-0.4, -0.2) is 45.7 Å². The second kappa shape index (κ2) is 8.44. The van der Waals surface area contributed by atoms with Crippen LogP contribution >= 0.6 is 0 Å². The maximum atomic E-state index is 14.5. The first-order valence-electron chi connectivity index (χ1n) is 9.72. The van der Waals surface area contributed by atoms with Gasteiger partial charge in [0.2, 0.25) is 0 Å². The fourth-order valence-electron chi connectivity index (χ4n) is 3.72. The van der Waals surface area contributed by atoms with Gasteiger partial charge in [-0.05, 0) is 18.6 Å². The van der Waals surface area contributed by atoms with Gasteiger partial charge in [-0.3, -0.25) is 14.6 Å². The van der Waals surface area contributed by atoms with Gasteiger partial charge in [0.1, 0.15) is 0 Å². The third kappa shape index (κ3) is 3.92. The molecule has 1 fully saturated rings. The number of nitrogens with zero attached hydrogens (tertiary/aromatic N) is 3. The topological polar surface area (TPSA) is 133 Å². The number of fused-ring (bicyclic) bond motifs is 1. The summed E-state index contributed by atoms with van der Waals surface area (Å²) in [6.07, 6.45) is 5.49. The Balaban J connectivity index is 1.54. The van der Waals surface area contributed by atoms with E-state index in [1.54, 1.807) is 0 Å². The van der Waals surface area contributed by atoms with Crippen molar-refractivity contribution in [2.75, 3.05) is 23.4 Å². The number of anilines is 2. The van der Waals surface area contributed by atoms with Crippen molar-refractivity contribution in [1.82, 2.24) is 14.9 Å². The molecule has 31 heavy (non-hydrogen) atoms. The van der Waals surface area contributed by atoms with E-state index in [9.17, 15) is 14.0 Å². The molecule has 1 amide bonds. The number of para-hydroxylation sites is 1. The van der Waals surface area contributed by atoms with Gasteiger partial charge in [-0.25, -0.2) is 15.2 Å². The molecular weight excluding hydrogens is 401 g/mol. The van der Waals surface area contributed by atoms with Gasteiger partial charge in [0, 0.05) is 43.4 Å². The molecule has 1 atom stereocenters. The number of likely N-dealkylation sites (tertiary alicyclic amines) is 1. The number of aromatic nitrogens is 2. The Morgan fingerprint density at radius 1 is 1.32 bits per heavy atom. The van der Waals surface area contributed by atoms with Crippen molar-refractivity contribution in [2.24, 2.45) is 11.6 Å². The van der Waals surface area contributed by atoms with Crippen LogP contribution < -0.4 is 21.9 Å². The summed E-state index contributed by atoms with van der Waals surface area (Å²) in [5, 5.41) is 4.41. The van der Waals surface area contributed by atoms with Crippen LogP contribution in [0, 0.1) is 5.82 Å². The van der Waals surface area contributed by atoms with Crippen molar-refractivity contribution in [1.29, 1.82) is 0 Å². The van der Waals surface area contributed by atoms with Crippen molar-refractivity contribution in [2.45, 2.75) is 12.5 Å². The van der Waals surface area contributed by atoms with E-state index in [-0.39, 0.29) is 28.3 Å². The van der Waals surface area contributed by atoms with Gasteiger partial charge in [-0.1, -0.05) is 18.2 Å². The van der Waals surface area contributed by atoms with E-state index < -0.39 is 17.5 Å². The monoisotopic (exact) mass is 423 g/mol. The summed E-state index contributed by atoms with van der Waals surface area (Å²) < 4.78 is 14.5. The van der Waals surface area contributed by atoms with Crippen molar-refractivity contribution < 1.29 is 14.0 Å². The number of carbonyl (C=O) groups excluding carboxylic acids is 2. The Morgan fingerprint density at radius 2 is 2.10 bits per heavy atom. The van der Waals surface area contributed by atoms with Crippen LogP contribution in [0.15, 0.2) is 55.1 Å². The van der Waals surface area contributed by atoms with Crippen LogP contribution in [0.2, 0.25) is 0 Å². The number of carbonyl (C=O) groups is 2. The molecule has 1 aromatic carbocycles. The highest BCUT2D eigenvalue weighted by atomic mass is 19.1. The van der Waals surface area contributed by atoms with Gasteiger partial charge < -0.3 is 20.9 Å². The van der Waals surface area contributed by atoms with E-state index >= 15 is 0 Å². The van der Waals surface area contributed by atoms with Gasteiger partial charge in [0.05, 0.1) is 22.7 Å². The summed E-state index contributed by atoms with van der Waals surface area (Å²) in [5.41, 5.74) is 6.42. The molecule has 1 aliphatic heterocycles. The number of rotatable bonds is 6. The predicted octanol–water partition coefficient (Wildman–Crippen LogP) is 1.71. The summed E-state index contributed by atoms with van der Waals surface area (Å²) >= 11 is 0. The van der Waals surface area contributed by atoms with E-state index in [2.05, 4.69) is 15.3 Å². The summed E-state index contributed by atoms with van der Waals surface area (Å²) in [6, 6.07) is 9.68. The van der Waals surface area contributed by atoms with Crippen molar-refractivity contribution in [3.63, 3.8) is 0 Å². The van der Waals surface area contributed by atoms with Crippen molar-refractivity contribution in [3.05, 3.63) is 66.5 Å². The van der Waals surface area contributed by atoms with E-state index in [4.69, 9.17) is 11.6 Å². The second-order valence-electron chi connectivity index (χ2n) is 7.21. The molecule has 0 aliphatic carbocycles. The number of amides is 1. The SMILES string of the molecule is N/C=C\N(N)c1ncc(F)c2c(C(=O)C(=O)N3CCC(Nc4ccccc4)C3)c[nH]c12. The Kier molecular flexibility index (Phi) is 5.54. The maximum absolute atomic E-state index is 14.5. The Morgan fingerprint density at radius 3 is 2.84 bits per heavy atom. The van der Waals surface area contributed by atoms with Crippen LogP contribution in [0.5, 0.6) is 0 Å². The number of pyridine rings is 1. The summed E-state index contributed by atoms with van der Waals surface area (Å²) in [7, 11) is 0. The van der Waals surface area contributed by atoms with E-state index in [0.29, 0.717) is 19.5 Å². The predicted molar refractivity (Wildman–Crippen MR) is 115 cm³/mol. The highest BCUT2D eigenvalue weighted by Crippen LogP contribution is 2.29. The Labute approximate surface area is 177 Å². The highest BCUT2D eigenvalue weighted by molar-refractivity contribution is 6.45. The van der Waals surface area contributed by atoms with Crippen LogP contribution in [0.1, 0.15) is 16.8 Å². The number of benzene rings is 1. The first-order chi connectivity index (χ1) is 15.0. The Hall–Kier alpha value is -3.92. The zero-order valence-corrected chi connectivity index (χ0v) is 16.6. The molecule has 160 valence electrons. The van der Waals surface area contributed by atoms with Gasteiger partial charge >= 0.3 is 0 Å². The molecule has 6 N–H and O–H groups in total. The number of ketones is 1. The molecule has 1 unspecified atom stereocenters. The molecule has 1 aliphatic rings. The molecule has 0 saturated carbocycles. The normalized spacial score (nSPS) is 16.2. The van der Waals surface area contributed by atoms with Crippen LogP contribution in [0.3, 0.4) is 0 Å². The van der Waals surface area contributed by atoms with Gasteiger partial charge in [-0.15, -0.1) is 0 Å². The minimum atomic E-state index is -0.791. The van der Waals surface area contributed by atoms with E-state index in [1.165, 1.54) is 23.5 Å². The van der Waals surface area contributed by atoms with E-state index in [1.807, 2.05) is 30.3 Å². The zero-order valence-electron chi connectivity index (χ0n) is 16.6. The molecule has 2 aromatic heterocycles. The maximum Gasteiger partial charge on any atom is 0.295 e. The summed E-state index contributed by atoms with van der Waals surface area (Å²) in [5.74, 6) is 3.80. The molecule has 0 radical (unpaired) electrons. The number of aromatic amines is 1. The first-order valence-corrected chi connectivity index (χ1v) is 9.72. The molecular formula is C21H22FN7O2. The lowest BCUT2D eigenvalue weighted by molar-refractivity contribution is -0.125. The number of Topliss-reactive ketones (excluding diaryl/α,β-unsaturated/α-hetero) is 1. The third-order valence-electron chi connectivity index (χ3n) is 5.19. The van der Waals surface area contributed by atoms with Gasteiger partial charge in [-0.2, -0.15) is 0 Å². The number of halogens is 1. The summed E-state index contributed by atoms with van der Waals surface area (Å²) in [6.45, 7) is 0.819. The van der Waals surface area contributed by atoms with Gasteiger partial charge in [0.15, 0.2) is 11.6 Å². The first kappa shape index (κ1) is 20.4. The Bertz CT molecular complexity index is 1150. The lowest BCUT2D eigenvalue weighted by Gasteiger charge is -2.17. The molecule has 3 heterocycles. The van der Waals surface area contributed by atoms with Crippen LogP contribution in [0.4, 0.5) is 15.9 Å². The largest absolute Gasteiger partial charge is 0.403 e. The van der Waals surface area contributed by atoms with Crippen molar-refractivity contribution in [3.8, 4) is 0 Å². The zero-order chi connectivity index (χ0) is 22.0. The highest BCUT2D eigenvalue weighted by Gasteiger charge is 2.32. The van der Waals surface area contributed by atoms with Crippen LogP contribution in [0.25, 0.3) is 10.9 Å². The minimum absolute atomic E-state index is 0.0310. The summed E-state index contributed by atoms with van der Waals surface area (Å²) in [4.78, 5) is 34.0. The molecule has 10 heteroatoms. The molecule has 9 nitrogen and oxygen atoms in total. The van der Waals surface area contributed by atoms with Gasteiger partial charge in [0.25, 0.3) is 11.7 Å². The molecule has 1 saturated heterocycles. The molecule has 0 spiro atoms. The molecule has 3 aromatic rings. The molecule has 4 rings (SSSR count). The lowest BCUT2D eigenvalue weighted by atomic mass is 10.1. The quantitative estimate of drug-likeness (QED) is 0.205.